The zero-order chi connectivity index (χ0) is 25.0. The highest BCUT2D eigenvalue weighted by Gasteiger charge is 2.53. The molecule has 33 heavy (non-hydrogen) atoms. The topological polar surface area (TPSA) is 105 Å². The molecule has 0 saturated carbocycles. The zero-order valence-corrected chi connectivity index (χ0v) is 21.2. The van der Waals surface area contributed by atoms with Gasteiger partial charge in [0.05, 0.1) is 0 Å². The Kier molecular flexibility index (Phi) is 8.54. The van der Waals surface area contributed by atoms with E-state index < -0.39 is 34.2 Å². The van der Waals surface area contributed by atoms with Crippen molar-refractivity contribution < 1.29 is 28.7 Å². The average Bonchev–Trinajstić information content (AvgIpc) is 2.61. The van der Waals surface area contributed by atoms with Crippen LogP contribution in [0.3, 0.4) is 0 Å². The molecule has 1 heterocycles. The Morgan fingerprint density at radius 1 is 1.06 bits per heavy atom. The summed E-state index contributed by atoms with van der Waals surface area (Å²) in [5.41, 5.74) is 0.630. The lowest BCUT2D eigenvalue weighted by Gasteiger charge is -2.41. The number of amides is 4. The molecule has 0 unspecified atom stereocenters. The van der Waals surface area contributed by atoms with Crippen molar-refractivity contribution in [2.24, 2.45) is 5.41 Å². The van der Waals surface area contributed by atoms with E-state index in [1.807, 2.05) is 20.8 Å². The molecule has 1 aliphatic heterocycles. The molecule has 4 amide bonds. The van der Waals surface area contributed by atoms with Crippen LogP contribution in [0.4, 0.5) is 9.59 Å². The van der Waals surface area contributed by atoms with E-state index in [0.717, 1.165) is 12.0 Å². The van der Waals surface area contributed by atoms with Crippen molar-refractivity contribution in [2.75, 3.05) is 13.1 Å². The third-order valence-electron chi connectivity index (χ3n) is 5.40. The summed E-state index contributed by atoms with van der Waals surface area (Å²) in [6.07, 6.45) is -0.718. The van der Waals surface area contributed by atoms with Gasteiger partial charge in [0.15, 0.2) is 6.10 Å². The molecule has 0 spiro atoms. The van der Waals surface area contributed by atoms with Crippen molar-refractivity contribution in [3.8, 4) is 0 Å². The number of quaternary nitrogens is 1. The quantitative estimate of drug-likeness (QED) is 0.529. The van der Waals surface area contributed by atoms with Crippen LogP contribution in [-0.2, 0) is 22.6 Å². The van der Waals surface area contributed by atoms with Gasteiger partial charge in [0.2, 0.25) is 0 Å². The lowest BCUT2D eigenvalue weighted by atomic mass is 9.88. The van der Waals surface area contributed by atoms with Crippen molar-refractivity contribution in [3.63, 3.8) is 0 Å². The van der Waals surface area contributed by atoms with Crippen LogP contribution in [-0.4, -0.2) is 52.4 Å². The summed E-state index contributed by atoms with van der Waals surface area (Å²) >= 11 is 6.15. The molecular weight excluding hydrogens is 446 g/mol. The zero-order valence-electron chi connectivity index (χ0n) is 20.5. The van der Waals surface area contributed by atoms with Crippen LogP contribution in [0.1, 0.15) is 65.5 Å². The number of imide groups is 1. The molecule has 1 aromatic carbocycles. The lowest BCUT2D eigenvalue weighted by molar-refractivity contribution is -0.818. The normalized spacial score (nSPS) is 16.4. The number of hydrogen-bond acceptors (Lipinski definition) is 5. The second kappa shape index (κ2) is 10.4. The molecule has 0 radical (unpaired) electrons. The molecule has 0 bridgehead atoms. The number of carbonyl (C=O) groups is 3. The van der Waals surface area contributed by atoms with Crippen molar-refractivity contribution >= 4 is 29.6 Å². The minimum atomic E-state index is -1.20. The summed E-state index contributed by atoms with van der Waals surface area (Å²) in [7, 11) is 0. The van der Waals surface area contributed by atoms with Crippen LogP contribution < -0.4 is 10.6 Å². The van der Waals surface area contributed by atoms with Gasteiger partial charge in [-0.05, 0) is 55.9 Å². The van der Waals surface area contributed by atoms with E-state index in [9.17, 15) is 19.5 Å². The van der Waals surface area contributed by atoms with Gasteiger partial charge in [0, 0.05) is 24.5 Å². The first kappa shape index (κ1) is 27.1. The number of nitrogens with zero attached hydrogens (tertiary/aromatic N) is 1. The monoisotopic (exact) mass is 482 g/mol. The molecule has 0 aromatic heterocycles. The number of aliphatic hydroxyl groups excluding tert-OH is 1. The first-order chi connectivity index (χ1) is 15.1. The minimum Gasteiger partial charge on any atom is -0.444 e. The summed E-state index contributed by atoms with van der Waals surface area (Å²) in [4.78, 5) is 38.0. The lowest BCUT2D eigenvalue weighted by Crippen LogP contribution is -2.70. The molecule has 1 aromatic rings. The fourth-order valence-corrected chi connectivity index (χ4v) is 3.88. The summed E-state index contributed by atoms with van der Waals surface area (Å²) in [5.74, 6) is -0.466. The number of rotatable bonds is 6. The number of ether oxygens (including phenoxy) is 1. The molecule has 3 N–H and O–H groups in total. The maximum Gasteiger partial charge on any atom is 0.424 e. The summed E-state index contributed by atoms with van der Waals surface area (Å²) < 4.78 is 4.86. The summed E-state index contributed by atoms with van der Waals surface area (Å²) in [6.45, 7) is 12.2. The fourth-order valence-electron chi connectivity index (χ4n) is 3.69. The Labute approximate surface area is 201 Å². The molecule has 0 aliphatic carbocycles. The Morgan fingerprint density at radius 2 is 1.67 bits per heavy atom. The number of aliphatic hydroxyl groups is 1. The summed E-state index contributed by atoms with van der Waals surface area (Å²) in [5, 5.41) is 16.5. The van der Waals surface area contributed by atoms with Crippen molar-refractivity contribution in [1.29, 1.82) is 0 Å². The SMILES string of the molecule is CC(C)(C)C[C@@H](O)C(=O)[N+]1(C(=O)NCc2cc(Cl)ccc2CNC(=O)OC(C)(C)C)CCC1. The van der Waals surface area contributed by atoms with E-state index in [0.29, 0.717) is 23.7 Å². The van der Waals surface area contributed by atoms with Crippen LogP contribution in [0, 0.1) is 5.41 Å². The number of nitrogens with one attached hydrogen (secondary N) is 2. The number of halogens is 1. The molecule has 184 valence electrons. The van der Waals surface area contributed by atoms with Gasteiger partial charge in [-0.2, -0.15) is 4.48 Å². The predicted molar refractivity (Wildman–Crippen MR) is 126 cm³/mol. The minimum absolute atomic E-state index is 0.132. The van der Waals surface area contributed by atoms with Gasteiger partial charge in [-0.15, -0.1) is 0 Å². The third-order valence-corrected chi connectivity index (χ3v) is 5.64. The largest absolute Gasteiger partial charge is 0.444 e. The molecule has 1 fully saturated rings. The van der Waals surface area contributed by atoms with Gasteiger partial charge in [0.25, 0.3) is 0 Å². The van der Waals surface area contributed by atoms with E-state index in [1.165, 1.54) is 0 Å². The molecule has 1 aliphatic rings. The molecule has 8 nitrogen and oxygen atoms in total. The van der Waals surface area contributed by atoms with E-state index in [-0.39, 0.29) is 24.9 Å². The number of alkyl carbamates (subject to hydrolysis) is 1. The Hall–Kier alpha value is -2.16. The second-order valence-electron chi connectivity index (χ2n) is 10.8. The average molecular weight is 483 g/mol. The maximum atomic E-state index is 13.1. The van der Waals surface area contributed by atoms with Gasteiger partial charge < -0.3 is 20.5 Å². The molecule has 1 atom stereocenters. The fraction of sp³-hybridized carbons (Fsp3) is 0.625. The third kappa shape index (κ3) is 7.69. The van der Waals surface area contributed by atoms with E-state index in [4.69, 9.17) is 16.3 Å². The van der Waals surface area contributed by atoms with Crippen LogP contribution in [0.25, 0.3) is 0 Å². The molecule has 9 heteroatoms. The second-order valence-corrected chi connectivity index (χ2v) is 11.3. The first-order valence-corrected chi connectivity index (χ1v) is 11.6. The predicted octanol–water partition coefficient (Wildman–Crippen LogP) is 4.12. The number of urea groups is 1. The van der Waals surface area contributed by atoms with Gasteiger partial charge >= 0.3 is 18.0 Å². The van der Waals surface area contributed by atoms with Gasteiger partial charge in [-0.3, -0.25) is 0 Å². The maximum absolute atomic E-state index is 13.1. The van der Waals surface area contributed by atoms with Crippen LogP contribution >= 0.6 is 11.6 Å². The van der Waals surface area contributed by atoms with Crippen molar-refractivity contribution in [1.82, 2.24) is 10.6 Å². The van der Waals surface area contributed by atoms with Gasteiger partial charge in [-0.1, -0.05) is 38.4 Å². The smallest absolute Gasteiger partial charge is 0.424 e. The van der Waals surface area contributed by atoms with E-state index in [1.54, 1.807) is 39.0 Å². The van der Waals surface area contributed by atoms with Crippen LogP contribution in [0.5, 0.6) is 0 Å². The standard InChI is InChI=1S/C24H36ClN3O5/c1-23(2,3)13-19(29)20(30)28(10-7-11-28)21(31)26-15-17-12-18(25)9-8-16(17)14-27-22(32)33-24(4,5)6/h8-9,12,19,29H,7,10-11,13-15H2,1-6H3,(H-,26,27,31,32)/p+1/t19-/m1/s1. The summed E-state index contributed by atoms with van der Waals surface area (Å²) in [6, 6.07) is 4.75. The molecule has 2 rings (SSSR count). The van der Waals surface area contributed by atoms with Gasteiger partial charge in [0.1, 0.15) is 18.7 Å². The highest BCUT2D eigenvalue weighted by atomic mass is 35.5. The Bertz CT molecular complexity index is 885. The van der Waals surface area contributed by atoms with Crippen LogP contribution in [0.15, 0.2) is 18.2 Å². The number of likely N-dealkylation sites (tertiary alicyclic amines) is 1. The highest BCUT2D eigenvalue weighted by Crippen LogP contribution is 2.28. The molecule has 1 saturated heterocycles. The van der Waals surface area contributed by atoms with E-state index >= 15 is 0 Å². The Morgan fingerprint density at radius 3 is 2.18 bits per heavy atom. The van der Waals surface area contributed by atoms with Crippen molar-refractivity contribution in [2.45, 2.75) is 79.2 Å². The number of hydrogen-bond donors (Lipinski definition) is 3. The number of benzene rings is 1. The number of carbonyl (C=O) groups excluding carboxylic acids is 3. The van der Waals surface area contributed by atoms with Crippen molar-refractivity contribution in [3.05, 3.63) is 34.3 Å². The highest BCUT2D eigenvalue weighted by molar-refractivity contribution is 6.30. The molecular formula is C24H37ClN3O5+. The van der Waals surface area contributed by atoms with E-state index in [2.05, 4.69) is 10.6 Å². The Balaban J connectivity index is 2.07. The first-order valence-electron chi connectivity index (χ1n) is 11.3. The van der Waals surface area contributed by atoms with Gasteiger partial charge in [-0.25, -0.2) is 14.4 Å². The van der Waals surface area contributed by atoms with Crippen LogP contribution in [0.2, 0.25) is 5.02 Å².